The first-order chi connectivity index (χ1) is 10.5. The van der Waals surface area contributed by atoms with Crippen LogP contribution in [0.1, 0.15) is 23.7 Å². The molecule has 1 atom stereocenters. The van der Waals surface area contributed by atoms with Crippen LogP contribution in [-0.4, -0.2) is 27.9 Å². The molecule has 4 nitrogen and oxygen atoms in total. The predicted octanol–water partition coefficient (Wildman–Crippen LogP) is 2.96. The minimum absolute atomic E-state index is 0.110. The van der Waals surface area contributed by atoms with Crippen molar-refractivity contribution in [2.45, 2.75) is 19.1 Å². The van der Waals surface area contributed by atoms with Gasteiger partial charge in [-0.05, 0) is 29.3 Å². The van der Waals surface area contributed by atoms with Gasteiger partial charge in [-0.3, -0.25) is 4.79 Å². The van der Waals surface area contributed by atoms with Crippen LogP contribution in [-0.2, 0) is 11.3 Å². The van der Waals surface area contributed by atoms with Gasteiger partial charge in [0.1, 0.15) is 11.0 Å². The van der Waals surface area contributed by atoms with Crippen LogP contribution in [0.4, 0.5) is 4.39 Å². The van der Waals surface area contributed by atoms with Gasteiger partial charge in [-0.1, -0.05) is 29.8 Å². The summed E-state index contributed by atoms with van der Waals surface area (Å²) in [7, 11) is 1.63. The third-order valence-electron chi connectivity index (χ3n) is 3.24. The number of pyridine rings is 1. The average Bonchev–Trinajstić information content (AvgIpc) is 2.49. The highest BCUT2D eigenvalue weighted by Crippen LogP contribution is 2.19. The number of hydrogen-bond acceptors (Lipinski definition) is 3. The highest BCUT2D eigenvalue weighted by Gasteiger charge is 2.17. The molecule has 116 valence electrons. The van der Waals surface area contributed by atoms with E-state index in [-0.39, 0.29) is 12.3 Å². The first kappa shape index (κ1) is 16.4. The molecule has 0 bridgehead atoms. The van der Waals surface area contributed by atoms with Gasteiger partial charge in [0.25, 0.3) is 0 Å². The number of aliphatic hydroxyl groups is 1. The van der Waals surface area contributed by atoms with Gasteiger partial charge < -0.3 is 10.0 Å². The van der Waals surface area contributed by atoms with Crippen LogP contribution in [0.15, 0.2) is 42.6 Å². The quantitative estimate of drug-likeness (QED) is 0.861. The second-order valence-corrected chi connectivity index (χ2v) is 5.40. The standard InChI is InChI=1S/C16H16ClFN2O2/c1-20(10-11-5-6-15(17)19-9-11)16(22)8-14(21)12-3-2-4-13(18)7-12/h2-7,9,14,21H,8,10H2,1H3. The molecule has 1 N–H and O–H groups in total. The van der Waals surface area contributed by atoms with Crippen LogP contribution in [0.3, 0.4) is 0 Å². The molecule has 2 aromatic rings. The molecular formula is C16H16ClFN2O2. The Bertz CT molecular complexity index is 649. The fourth-order valence-electron chi connectivity index (χ4n) is 2.01. The van der Waals surface area contributed by atoms with Crippen molar-refractivity contribution < 1.29 is 14.3 Å². The number of nitrogens with zero attached hydrogens (tertiary/aromatic N) is 2. The Morgan fingerprint density at radius 1 is 1.41 bits per heavy atom. The van der Waals surface area contributed by atoms with E-state index in [1.54, 1.807) is 31.4 Å². The van der Waals surface area contributed by atoms with E-state index in [0.29, 0.717) is 17.3 Å². The normalized spacial score (nSPS) is 12.0. The lowest BCUT2D eigenvalue weighted by Crippen LogP contribution is -2.27. The van der Waals surface area contributed by atoms with Crippen LogP contribution in [0.2, 0.25) is 5.15 Å². The summed E-state index contributed by atoms with van der Waals surface area (Å²) in [4.78, 5) is 17.5. The summed E-state index contributed by atoms with van der Waals surface area (Å²) < 4.78 is 13.1. The average molecular weight is 323 g/mol. The van der Waals surface area contributed by atoms with Gasteiger partial charge in [0.05, 0.1) is 12.5 Å². The van der Waals surface area contributed by atoms with Gasteiger partial charge in [-0.2, -0.15) is 0 Å². The zero-order chi connectivity index (χ0) is 16.1. The van der Waals surface area contributed by atoms with E-state index in [4.69, 9.17) is 11.6 Å². The molecule has 2 rings (SSSR count). The second-order valence-electron chi connectivity index (χ2n) is 5.01. The van der Waals surface area contributed by atoms with Crippen LogP contribution in [0.5, 0.6) is 0 Å². The monoisotopic (exact) mass is 322 g/mol. The van der Waals surface area contributed by atoms with Gasteiger partial charge in [0.2, 0.25) is 5.91 Å². The van der Waals surface area contributed by atoms with E-state index < -0.39 is 11.9 Å². The van der Waals surface area contributed by atoms with E-state index >= 15 is 0 Å². The molecule has 0 fully saturated rings. The number of halogens is 2. The number of aliphatic hydroxyl groups excluding tert-OH is 1. The largest absolute Gasteiger partial charge is 0.388 e. The second kappa shape index (κ2) is 7.33. The number of benzene rings is 1. The topological polar surface area (TPSA) is 53.4 Å². The van der Waals surface area contributed by atoms with Crippen LogP contribution in [0, 0.1) is 5.82 Å². The summed E-state index contributed by atoms with van der Waals surface area (Å²) in [5.74, 6) is -0.684. The third-order valence-corrected chi connectivity index (χ3v) is 3.46. The van der Waals surface area contributed by atoms with Gasteiger partial charge in [-0.15, -0.1) is 0 Å². The molecule has 22 heavy (non-hydrogen) atoms. The maximum Gasteiger partial charge on any atom is 0.225 e. The molecule has 0 saturated heterocycles. The molecule has 6 heteroatoms. The molecule has 0 radical (unpaired) electrons. The lowest BCUT2D eigenvalue weighted by Gasteiger charge is -2.19. The van der Waals surface area contributed by atoms with Crippen molar-refractivity contribution in [1.82, 2.24) is 9.88 Å². The fraction of sp³-hybridized carbons (Fsp3) is 0.250. The van der Waals surface area contributed by atoms with Crippen molar-refractivity contribution in [2.75, 3.05) is 7.05 Å². The molecule has 1 unspecified atom stereocenters. The van der Waals surface area contributed by atoms with Crippen LogP contribution < -0.4 is 0 Å². The van der Waals surface area contributed by atoms with Gasteiger partial charge in [-0.25, -0.2) is 9.37 Å². The molecule has 0 saturated carbocycles. The smallest absolute Gasteiger partial charge is 0.225 e. The Morgan fingerprint density at radius 2 is 2.18 bits per heavy atom. The van der Waals surface area contributed by atoms with Crippen molar-refractivity contribution in [3.8, 4) is 0 Å². The predicted molar refractivity (Wildman–Crippen MR) is 81.7 cm³/mol. The highest BCUT2D eigenvalue weighted by atomic mass is 35.5. The molecule has 0 aliphatic heterocycles. The van der Waals surface area contributed by atoms with Gasteiger partial charge in [0, 0.05) is 19.8 Å². The van der Waals surface area contributed by atoms with Gasteiger partial charge in [0.15, 0.2) is 0 Å². The summed E-state index contributed by atoms with van der Waals surface area (Å²) in [6.45, 7) is 0.360. The molecule has 0 aliphatic carbocycles. The summed E-state index contributed by atoms with van der Waals surface area (Å²) in [5, 5.41) is 10.4. The Balaban J connectivity index is 1.94. The molecule has 1 aromatic carbocycles. The summed E-state index contributed by atoms with van der Waals surface area (Å²) in [6.07, 6.45) is 0.449. The molecule has 1 heterocycles. The molecule has 0 aliphatic rings. The Hall–Kier alpha value is -1.98. The van der Waals surface area contributed by atoms with Crippen molar-refractivity contribution in [3.63, 3.8) is 0 Å². The van der Waals surface area contributed by atoms with Gasteiger partial charge >= 0.3 is 0 Å². The van der Waals surface area contributed by atoms with E-state index in [0.717, 1.165) is 5.56 Å². The van der Waals surface area contributed by atoms with Crippen molar-refractivity contribution in [3.05, 3.63) is 64.7 Å². The fourth-order valence-corrected chi connectivity index (χ4v) is 2.13. The summed E-state index contributed by atoms with van der Waals surface area (Å²) >= 11 is 5.70. The van der Waals surface area contributed by atoms with Crippen molar-refractivity contribution in [1.29, 1.82) is 0 Å². The first-order valence-corrected chi connectivity index (χ1v) is 7.11. The number of carbonyl (C=O) groups excluding carboxylic acids is 1. The zero-order valence-electron chi connectivity index (χ0n) is 12.0. The number of carbonyl (C=O) groups is 1. The molecular weight excluding hydrogens is 307 g/mol. The van der Waals surface area contributed by atoms with E-state index in [2.05, 4.69) is 4.98 Å². The maximum atomic E-state index is 13.1. The number of aromatic nitrogens is 1. The zero-order valence-corrected chi connectivity index (χ0v) is 12.8. The Labute approximate surface area is 133 Å². The minimum Gasteiger partial charge on any atom is -0.388 e. The maximum absolute atomic E-state index is 13.1. The Kier molecular flexibility index (Phi) is 5.46. The van der Waals surface area contributed by atoms with Crippen LogP contribution in [0.25, 0.3) is 0 Å². The van der Waals surface area contributed by atoms with Crippen molar-refractivity contribution >= 4 is 17.5 Å². The Morgan fingerprint density at radius 3 is 2.82 bits per heavy atom. The van der Waals surface area contributed by atoms with E-state index in [1.807, 2.05) is 0 Å². The summed E-state index contributed by atoms with van der Waals surface area (Å²) in [5.41, 5.74) is 1.22. The lowest BCUT2D eigenvalue weighted by molar-refractivity contribution is -0.132. The lowest BCUT2D eigenvalue weighted by atomic mass is 10.1. The van der Waals surface area contributed by atoms with E-state index in [1.165, 1.54) is 23.1 Å². The molecule has 1 amide bonds. The number of hydrogen-bond donors (Lipinski definition) is 1. The molecule has 0 spiro atoms. The van der Waals surface area contributed by atoms with Crippen LogP contribution >= 0.6 is 11.6 Å². The number of amides is 1. The summed E-state index contributed by atoms with van der Waals surface area (Å²) in [6, 6.07) is 9.03. The number of rotatable bonds is 5. The van der Waals surface area contributed by atoms with E-state index in [9.17, 15) is 14.3 Å². The highest BCUT2D eigenvalue weighted by molar-refractivity contribution is 6.29. The van der Waals surface area contributed by atoms with Crippen molar-refractivity contribution in [2.24, 2.45) is 0 Å². The minimum atomic E-state index is -1.03. The first-order valence-electron chi connectivity index (χ1n) is 6.73. The SMILES string of the molecule is CN(Cc1ccc(Cl)nc1)C(=O)CC(O)c1cccc(F)c1. The third kappa shape index (κ3) is 4.51. The molecule has 1 aromatic heterocycles.